The van der Waals surface area contributed by atoms with E-state index in [1.165, 1.54) is 26.2 Å². The number of hydrogen-bond donors (Lipinski definition) is 2. The highest BCUT2D eigenvalue weighted by atomic mass is 16.3. The van der Waals surface area contributed by atoms with Crippen LogP contribution in [-0.4, -0.2) is 23.8 Å². The van der Waals surface area contributed by atoms with Crippen molar-refractivity contribution in [3.8, 4) is 0 Å². The number of carbonyl (C=O) groups is 2. The van der Waals surface area contributed by atoms with Gasteiger partial charge in [-0.2, -0.15) is 0 Å². The number of rotatable bonds is 5. The molecule has 1 saturated carbocycles. The summed E-state index contributed by atoms with van der Waals surface area (Å²) < 4.78 is 5.62. The first-order valence-electron chi connectivity index (χ1n) is 9.06. The highest BCUT2D eigenvalue weighted by Gasteiger charge is 2.26. The zero-order chi connectivity index (χ0) is 18.0. The standard InChI is InChI=1S/C20H26N2O3/c1-12-8-4-6-10-16(12)21-13(2)20(24)22-18-15-9-5-7-11-17(15)25-19(18)14(3)23/h5,7,9,11-13,16,21H,4,6,8,10H2,1-3H3,(H,22,24). The van der Waals surface area contributed by atoms with Crippen molar-refractivity contribution >= 4 is 28.3 Å². The van der Waals surface area contributed by atoms with Crippen LogP contribution in [0.5, 0.6) is 0 Å². The topological polar surface area (TPSA) is 71.3 Å². The van der Waals surface area contributed by atoms with Gasteiger partial charge in [0.15, 0.2) is 11.5 Å². The summed E-state index contributed by atoms with van der Waals surface area (Å²) in [6.07, 6.45) is 4.78. The van der Waals surface area contributed by atoms with Crippen molar-refractivity contribution in [3.63, 3.8) is 0 Å². The van der Waals surface area contributed by atoms with E-state index in [1.807, 2.05) is 25.1 Å². The fraction of sp³-hybridized carbons (Fsp3) is 0.500. The number of carbonyl (C=O) groups excluding carboxylic acids is 2. The molecule has 134 valence electrons. The second-order valence-electron chi connectivity index (χ2n) is 7.10. The third-order valence-corrected chi connectivity index (χ3v) is 5.13. The lowest BCUT2D eigenvalue weighted by Gasteiger charge is -2.31. The van der Waals surface area contributed by atoms with Crippen molar-refractivity contribution in [2.45, 2.75) is 58.5 Å². The van der Waals surface area contributed by atoms with Crippen molar-refractivity contribution in [1.29, 1.82) is 0 Å². The number of hydrogen-bond acceptors (Lipinski definition) is 4. The van der Waals surface area contributed by atoms with Crippen LogP contribution in [0.2, 0.25) is 0 Å². The Morgan fingerprint density at radius 1 is 1.20 bits per heavy atom. The van der Waals surface area contributed by atoms with Crippen LogP contribution in [0.15, 0.2) is 28.7 Å². The molecule has 1 amide bonds. The van der Waals surface area contributed by atoms with Crippen LogP contribution >= 0.6 is 0 Å². The smallest absolute Gasteiger partial charge is 0.241 e. The van der Waals surface area contributed by atoms with Gasteiger partial charge in [-0.15, -0.1) is 0 Å². The maximum Gasteiger partial charge on any atom is 0.241 e. The quantitative estimate of drug-likeness (QED) is 0.802. The van der Waals surface area contributed by atoms with Crippen molar-refractivity contribution in [1.82, 2.24) is 5.32 Å². The Morgan fingerprint density at radius 2 is 1.92 bits per heavy atom. The van der Waals surface area contributed by atoms with Crippen LogP contribution in [0.25, 0.3) is 11.0 Å². The van der Waals surface area contributed by atoms with Gasteiger partial charge in [0.1, 0.15) is 5.58 Å². The first-order chi connectivity index (χ1) is 12.0. The molecule has 0 saturated heterocycles. The summed E-state index contributed by atoms with van der Waals surface area (Å²) in [5.41, 5.74) is 1.07. The van der Waals surface area contributed by atoms with E-state index in [0.717, 1.165) is 11.8 Å². The first-order valence-corrected chi connectivity index (χ1v) is 9.06. The number of Topliss-reactive ketones (excluding diaryl/α,β-unsaturated/α-hetero) is 1. The minimum absolute atomic E-state index is 0.146. The minimum atomic E-state index is -0.334. The Balaban J connectivity index is 1.77. The van der Waals surface area contributed by atoms with Gasteiger partial charge >= 0.3 is 0 Å². The molecule has 3 rings (SSSR count). The molecular formula is C20H26N2O3. The molecule has 25 heavy (non-hydrogen) atoms. The lowest BCUT2D eigenvalue weighted by Crippen LogP contribution is -2.47. The molecule has 1 aliphatic rings. The molecule has 5 nitrogen and oxygen atoms in total. The zero-order valence-corrected chi connectivity index (χ0v) is 15.1. The van der Waals surface area contributed by atoms with E-state index in [1.54, 1.807) is 6.07 Å². The number of anilines is 1. The van der Waals surface area contributed by atoms with Gasteiger partial charge < -0.3 is 15.1 Å². The predicted molar refractivity (Wildman–Crippen MR) is 98.9 cm³/mol. The van der Waals surface area contributed by atoms with Gasteiger partial charge in [0, 0.05) is 18.4 Å². The molecule has 0 aliphatic heterocycles. The molecule has 1 heterocycles. The van der Waals surface area contributed by atoms with Crippen LogP contribution in [0.1, 0.15) is 57.0 Å². The van der Waals surface area contributed by atoms with Crippen LogP contribution < -0.4 is 10.6 Å². The third-order valence-electron chi connectivity index (χ3n) is 5.13. The fourth-order valence-electron chi connectivity index (χ4n) is 3.61. The van der Waals surface area contributed by atoms with Crippen LogP contribution in [0, 0.1) is 5.92 Å². The normalized spacial score (nSPS) is 21.9. The Bertz CT molecular complexity index is 780. The van der Waals surface area contributed by atoms with E-state index in [9.17, 15) is 9.59 Å². The summed E-state index contributed by atoms with van der Waals surface area (Å²) in [6, 6.07) is 7.38. The van der Waals surface area contributed by atoms with Gasteiger partial charge in [0.25, 0.3) is 0 Å². The van der Waals surface area contributed by atoms with Gasteiger partial charge in [0.2, 0.25) is 5.91 Å². The Morgan fingerprint density at radius 3 is 2.64 bits per heavy atom. The lowest BCUT2D eigenvalue weighted by atomic mass is 9.85. The van der Waals surface area contributed by atoms with E-state index in [2.05, 4.69) is 17.6 Å². The average Bonchev–Trinajstić information content (AvgIpc) is 2.96. The van der Waals surface area contributed by atoms with E-state index >= 15 is 0 Å². The summed E-state index contributed by atoms with van der Waals surface area (Å²) in [4.78, 5) is 24.6. The molecule has 2 aromatic rings. The monoisotopic (exact) mass is 342 g/mol. The number of para-hydroxylation sites is 1. The summed E-state index contributed by atoms with van der Waals surface area (Å²) in [5, 5.41) is 7.10. The molecule has 1 aromatic carbocycles. The molecule has 1 fully saturated rings. The molecule has 0 radical (unpaired) electrons. The number of ketones is 1. The van der Waals surface area contributed by atoms with Crippen molar-refractivity contribution in [3.05, 3.63) is 30.0 Å². The highest BCUT2D eigenvalue weighted by Crippen LogP contribution is 2.31. The van der Waals surface area contributed by atoms with E-state index < -0.39 is 0 Å². The average molecular weight is 342 g/mol. The zero-order valence-electron chi connectivity index (χ0n) is 15.1. The summed E-state index contributed by atoms with van der Waals surface area (Å²) >= 11 is 0. The summed E-state index contributed by atoms with van der Waals surface area (Å²) in [6.45, 7) is 5.55. The minimum Gasteiger partial charge on any atom is -0.451 e. The Labute approximate surface area is 148 Å². The van der Waals surface area contributed by atoms with Crippen molar-refractivity contribution in [2.75, 3.05) is 5.32 Å². The second kappa shape index (κ2) is 7.40. The van der Waals surface area contributed by atoms with Crippen molar-refractivity contribution in [2.24, 2.45) is 5.92 Å². The van der Waals surface area contributed by atoms with Gasteiger partial charge in [-0.05, 0) is 37.8 Å². The van der Waals surface area contributed by atoms with Crippen molar-refractivity contribution < 1.29 is 14.0 Å². The number of nitrogens with one attached hydrogen (secondary N) is 2. The molecule has 2 N–H and O–H groups in total. The second-order valence-corrected chi connectivity index (χ2v) is 7.10. The predicted octanol–water partition coefficient (Wildman–Crippen LogP) is 4.13. The van der Waals surface area contributed by atoms with Gasteiger partial charge in [-0.25, -0.2) is 0 Å². The molecule has 1 aromatic heterocycles. The first kappa shape index (κ1) is 17.7. The van der Waals surface area contributed by atoms with E-state index in [-0.39, 0.29) is 23.5 Å². The third kappa shape index (κ3) is 3.76. The largest absolute Gasteiger partial charge is 0.451 e. The Kier molecular flexibility index (Phi) is 5.23. The van der Waals surface area contributed by atoms with Crippen LogP contribution in [0.3, 0.4) is 0 Å². The van der Waals surface area contributed by atoms with Crippen LogP contribution in [0.4, 0.5) is 5.69 Å². The molecule has 1 aliphatic carbocycles. The molecule has 5 heteroatoms. The van der Waals surface area contributed by atoms with Crippen LogP contribution in [-0.2, 0) is 4.79 Å². The van der Waals surface area contributed by atoms with Gasteiger partial charge in [0.05, 0.1) is 11.7 Å². The SMILES string of the molecule is CC(=O)c1oc2ccccc2c1NC(=O)C(C)NC1CCCCC1C. The summed E-state index contributed by atoms with van der Waals surface area (Å²) in [7, 11) is 0. The maximum absolute atomic E-state index is 12.7. The van der Waals surface area contributed by atoms with E-state index in [0.29, 0.717) is 23.2 Å². The molecule has 0 bridgehead atoms. The maximum atomic E-state index is 12.7. The number of amides is 1. The molecular weight excluding hydrogens is 316 g/mol. The molecule has 3 atom stereocenters. The molecule has 3 unspecified atom stereocenters. The van der Waals surface area contributed by atoms with Gasteiger partial charge in [-0.3, -0.25) is 9.59 Å². The van der Waals surface area contributed by atoms with E-state index in [4.69, 9.17) is 4.42 Å². The molecule has 0 spiro atoms. The number of furan rings is 1. The lowest BCUT2D eigenvalue weighted by molar-refractivity contribution is -0.118. The number of fused-ring (bicyclic) bond motifs is 1. The van der Waals surface area contributed by atoms with Gasteiger partial charge in [-0.1, -0.05) is 31.9 Å². The Hall–Kier alpha value is -2.14. The fourth-order valence-corrected chi connectivity index (χ4v) is 3.61. The number of benzene rings is 1. The summed E-state index contributed by atoms with van der Waals surface area (Å²) in [5.74, 6) is 0.430. The highest BCUT2D eigenvalue weighted by molar-refractivity contribution is 6.11.